The lowest BCUT2D eigenvalue weighted by atomic mass is 9.74. The molecule has 3 rings (SSSR count). The third kappa shape index (κ3) is 2.62. The Morgan fingerprint density at radius 2 is 1.83 bits per heavy atom. The van der Waals surface area contributed by atoms with Gasteiger partial charge in [0.05, 0.1) is 11.5 Å². The quantitative estimate of drug-likeness (QED) is 0.853. The van der Waals surface area contributed by atoms with Crippen LogP contribution in [0.4, 0.5) is 0 Å². The second-order valence-corrected chi connectivity index (χ2v) is 7.99. The molecule has 0 radical (unpaired) electrons. The number of nitriles is 1. The van der Waals surface area contributed by atoms with E-state index in [-0.39, 0.29) is 4.90 Å². The number of hydrogen-bond donors (Lipinski definition) is 0. The molecule has 0 aliphatic carbocycles. The van der Waals surface area contributed by atoms with E-state index in [1.807, 2.05) is 30.3 Å². The van der Waals surface area contributed by atoms with Crippen LogP contribution in [0.2, 0.25) is 0 Å². The molecule has 126 valence electrons. The minimum atomic E-state index is -3.65. The van der Waals surface area contributed by atoms with Crippen molar-refractivity contribution in [3.8, 4) is 6.07 Å². The molecular formula is C17H19N3O3S. The second-order valence-electron chi connectivity index (χ2n) is 6.12. The molecule has 0 bridgehead atoms. The topological polar surface area (TPSA) is 87.2 Å². The highest BCUT2D eigenvalue weighted by atomic mass is 32.2. The van der Waals surface area contributed by atoms with E-state index in [1.165, 1.54) is 4.31 Å². The van der Waals surface area contributed by atoms with E-state index in [9.17, 15) is 13.7 Å². The van der Waals surface area contributed by atoms with Crippen molar-refractivity contribution in [3.63, 3.8) is 0 Å². The first kappa shape index (κ1) is 16.7. The van der Waals surface area contributed by atoms with Crippen molar-refractivity contribution in [3.05, 3.63) is 47.3 Å². The van der Waals surface area contributed by atoms with Gasteiger partial charge in [-0.3, -0.25) is 0 Å². The van der Waals surface area contributed by atoms with Gasteiger partial charge in [-0.2, -0.15) is 9.57 Å². The Bertz CT molecular complexity index is 854. The monoisotopic (exact) mass is 345 g/mol. The smallest absolute Gasteiger partial charge is 0.248 e. The standard InChI is InChI=1S/C17H19N3O3S/c1-13-16(14(2)23-19-13)24(21,22)20-10-8-17(12-18,9-11-20)15-6-4-3-5-7-15/h3-7H,8-11H2,1-2H3. The molecule has 1 fully saturated rings. The first-order valence-electron chi connectivity index (χ1n) is 7.80. The molecule has 7 heteroatoms. The summed E-state index contributed by atoms with van der Waals surface area (Å²) >= 11 is 0. The van der Waals surface area contributed by atoms with Gasteiger partial charge in [0.1, 0.15) is 10.6 Å². The highest BCUT2D eigenvalue weighted by Gasteiger charge is 2.41. The van der Waals surface area contributed by atoms with Gasteiger partial charge >= 0.3 is 0 Å². The zero-order valence-electron chi connectivity index (χ0n) is 13.7. The van der Waals surface area contributed by atoms with Crippen molar-refractivity contribution in [1.82, 2.24) is 9.46 Å². The SMILES string of the molecule is Cc1noc(C)c1S(=O)(=O)N1CCC(C#N)(c2ccccc2)CC1. The summed E-state index contributed by atoms with van der Waals surface area (Å²) in [5.74, 6) is 0.299. The lowest BCUT2D eigenvalue weighted by Crippen LogP contribution is -2.44. The van der Waals surface area contributed by atoms with Crippen LogP contribution >= 0.6 is 0 Å². The van der Waals surface area contributed by atoms with Crippen LogP contribution in [0.1, 0.15) is 29.9 Å². The van der Waals surface area contributed by atoms with Gasteiger partial charge in [-0.05, 0) is 32.3 Å². The van der Waals surface area contributed by atoms with E-state index < -0.39 is 15.4 Å². The minimum absolute atomic E-state index is 0.145. The molecule has 24 heavy (non-hydrogen) atoms. The number of aromatic nitrogens is 1. The summed E-state index contributed by atoms with van der Waals surface area (Å²) in [4.78, 5) is 0.145. The van der Waals surface area contributed by atoms with Crippen LogP contribution in [-0.2, 0) is 15.4 Å². The number of benzene rings is 1. The van der Waals surface area contributed by atoms with Crippen LogP contribution in [0.15, 0.2) is 39.8 Å². The van der Waals surface area contributed by atoms with Crippen molar-refractivity contribution in [2.24, 2.45) is 0 Å². The van der Waals surface area contributed by atoms with Crippen LogP contribution < -0.4 is 0 Å². The number of sulfonamides is 1. The van der Waals surface area contributed by atoms with Gasteiger partial charge in [0.15, 0.2) is 5.76 Å². The second kappa shape index (κ2) is 6.04. The van der Waals surface area contributed by atoms with Gasteiger partial charge in [0.2, 0.25) is 10.0 Å². The molecule has 6 nitrogen and oxygen atoms in total. The average Bonchev–Trinajstić information content (AvgIpc) is 2.95. The van der Waals surface area contributed by atoms with Gasteiger partial charge in [-0.25, -0.2) is 8.42 Å². The minimum Gasteiger partial charge on any atom is -0.360 e. The normalized spacial score (nSPS) is 18.2. The Labute approximate surface area is 141 Å². The van der Waals surface area contributed by atoms with Crippen LogP contribution in [0.3, 0.4) is 0 Å². The molecule has 1 aromatic carbocycles. The third-order valence-corrected chi connectivity index (χ3v) is 6.83. The lowest BCUT2D eigenvalue weighted by molar-refractivity contribution is 0.277. The van der Waals surface area contributed by atoms with Crippen molar-refractivity contribution < 1.29 is 12.9 Å². The summed E-state index contributed by atoms with van der Waals surface area (Å²) in [6.45, 7) is 3.82. The Balaban J connectivity index is 1.86. The molecule has 0 atom stereocenters. The Hall–Kier alpha value is -2.17. The van der Waals surface area contributed by atoms with Crippen molar-refractivity contribution in [1.29, 1.82) is 5.26 Å². The average molecular weight is 345 g/mol. The summed E-state index contributed by atoms with van der Waals surface area (Å²) in [5, 5.41) is 13.4. The third-order valence-electron chi connectivity index (χ3n) is 4.68. The fourth-order valence-corrected chi connectivity index (χ4v) is 5.04. The molecule has 0 N–H and O–H groups in total. The summed E-state index contributed by atoms with van der Waals surface area (Å²) in [6, 6.07) is 12.0. The maximum Gasteiger partial charge on any atom is 0.248 e. The molecule has 0 amide bonds. The van der Waals surface area contributed by atoms with Gasteiger partial charge in [0, 0.05) is 13.1 Å². The molecule has 0 spiro atoms. The zero-order chi connectivity index (χ0) is 17.4. The largest absolute Gasteiger partial charge is 0.360 e. The molecular weight excluding hydrogens is 326 g/mol. The predicted octanol–water partition coefficient (Wildman–Crippen LogP) is 2.54. The zero-order valence-corrected chi connectivity index (χ0v) is 14.5. The number of aryl methyl sites for hydroxylation is 2. The van der Waals surface area contributed by atoms with Crippen LogP contribution in [0.25, 0.3) is 0 Å². The first-order valence-corrected chi connectivity index (χ1v) is 9.24. The fourth-order valence-electron chi connectivity index (χ4n) is 3.30. The highest BCUT2D eigenvalue weighted by molar-refractivity contribution is 7.89. The summed E-state index contributed by atoms with van der Waals surface area (Å²) in [7, 11) is -3.65. The van der Waals surface area contributed by atoms with Gasteiger partial charge in [0.25, 0.3) is 0 Å². The van der Waals surface area contributed by atoms with Crippen LogP contribution in [-0.4, -0.2) is 31.0 Å². The summed E-state index contributed by atoms with van der Waals surface area (Å²) in [5.41, 5.74) is 0.681. The van der Waals surface area contributed by atoms with E-state index in [0.29, 0.717) is 37.4 Å². The van der Waals surface area contributed by atoms with E-state index in [1.54, 1.807) is 13.8 Å². The fraction of sp³-hybridized carbons (Fsp3) is 0.412. The first-order chi connectivity index (χ1) is 11.4. The number of nitrogens with zero attached hydrogens (tertiary/aromatic N) is 3. The number of piperidine rings is 1. The van der Waals surface area contributed by atoms with E-state index in [4.69, 9.17) is 4.52 Å². The van der Waals surface area contributed by atoms with Crippen molar-refractivity contribution in [2.75, 3.05) is 13.1 Å². The molecule has 2 aromatic rings. The van der Waals surface area contributed by atoms with Crippen molar-refractivity contribution >= 4 is 10.0 Å². The number of hydrogen-bond acceptors (Lipinski definition) is 5. The van der Waals surface area contributed by atoms with Gasteiger partial charge in [-0.1, -0.05) is 35.5 Å². The highest BCUT2D eigenvalue weighted by Crippen LogP contribution is 2.37. The maximum absolute atomic E-state index is 12.9. The van der Waals surface area contributed by atoms with Gasteiger partial charge in [-0.15, -0.1) is 0 Å². The molecule has 1 aliphatic rings. The lowest BCUT2D eigenvalue weighted by Gasteiger charge is -2.36. The Morgan fingerprint density at radius 3 is 2.33 bits per heavy atom. The molecule has 0 saturated carbocycles. The Morgan fingerprint density at radius 1 is 1.21 bits per heavy atom. The van der Waals surface area contributed by atoms with E-state index in [0.717, 1.165) is 5.56 Å². The number of rotatable bonds is 3. The molecule has 1 saturated heterocycles. The predicted molar refractivity (Wildman–Crippen MR) is 87.7 cm³/mol. The summed E-state index contributed by atoms with van der Waals surface area (Å²) in [6.07, 6.45) is 0.937. The molecule has 1 aromatic heterocycles. The molecule has 1 aliphatic heterocycles. The van der Waals surface area contributed by atoms with Crippen LogP contribution in [0.5, 0.6) is 0 Å². The maximum atomic E-state index is 12.9. The summed E-state index contributed by atoms with van der Waals surface area (Å²) < 4.78 is 32.2. The van der Waals surface area contributed by atoms with Gasteiger partial charge < -0.3 is 4.52 Å². The Kier molecular flexibility index (Phi) is 4.20. The van der Waals surface area contributed by atoms with E-state index in [2.05, 4.69) is 11.2 Å². The van der Waals surface area contributed by atoms with E-state index >= 15 is 0 Å². The van der Waals surface area contributed by atoms with Crippen molar-refractivity contribution in [2.45, 2.75) is 37.0 Å². The molecule has 2 heterocycles. The van der Waals surface area contributed by atoms with Crippen LogP contribution in [0, 0.1) is 25.2 Å². The molecule has 0 unspecified atom stereocenters.